The summed E-state index contributed by atoms with van der Waals surface area (Å²) in [7, 11) is 0. The Kier molecular flexibility index (Phi) is 9.31. The Hall–Kier alpha value is -0.900. The molecule has 2 unspecified atom stereocenters. The minimum atomic E-state index is 0.176. The molecule has 21 heavy (non-hydrogen) atoms. The van der Waals surface area contributed by atoms with Gasteiger partial charge in [-0.25, -0.2) is 0 Å². The lowest BCUT2D eigenvalue weighted by atomic mass is 9.99. The van der Waals surface area contributed by atoms with E-state index < -0.39 is 0 Å². The largest absolute Gasteiger partial charge is 0.376 e. The summed E-state index contributed by atoms with van der Waals surface area (Å²) in [4.78, 5) is 0. The minimum absolute atomic E-state index is 0.176. The lowest BCUT2D eigenvalue weighted by Crippen LogP contribution is -2.35. The van der Waals surface area contributed by atoms with Crippen molar-refractivity contribution in [3.8, 4) is 0 Å². The Morgan fingerprint density at radius 3 is 2.24 bits per heavy atom. The van der Waals surface area contributed by atoms with Crippen LogP contribution in [0.25, 0.3) is 0 Å². The summed E-state index contributed by atoms with van der Waals surface area (Å²) < 4.78 is 11.6. The van der Waals surface area contributed by atoms with Gasteiger partial charge in [-0.2, -0.15) is 0 Å². The molecule has 0 aliphatic rings. The second-order valence-corrected chi connectivity index (χ2v) is 5.58. The quantitative estimate of drug-likeness (QED) is 0.627. The van der Waals surface area contributed by atoms with Crippen molar-refractivity contribution in [2.75, 3.05) is 19.8 Å². The van der Waals surface area contributed by atoms with Gasteiger partial charge in [-0.15, -0.1) is 0 Å². The fraction of sp³-hybridized carbons (Fsp3) is 0.667. The first-order valence-electron chi connectivity index (χ1n) is 8.20. The molecule has 0 fully saturated rings. The molecular formula is C18H31NO2. The molecule has 1 aromatic rings. The van der Waals surface area contributed by atoms with Crippen LogP contribution in [0.15, 0.2) is 30.3 Å². The van der Waals surface area contributed by atoms with E-state index in [1.807, 2.05) is 13.8 Å². The van der Waals surface area contributed by atoms with Crippen molar-refractivity contribution in [3.05, 3.63) is 35.9 Å². The number of benzene rings is 1. The van der Waals surface area contributed by atoms with E-state index in [0.29, 0.717) is 13.2 Å². The fourth-order valence-corrected chi connectivity index (χ4v) is 2.36. The minimum Gasteiger partial charge on any atom is -0.376 e. The van der Waals surface area contributed by atoms with Crippen LogP contribution < -0.4 is 5.32 Å². The predicted molar refractivity (Wildman–Crippen MR) is 88.6 cm³/mol. The van der Waals surface area contributed by atoms with E-state index >= 15 is 0 Å². The first-order chi connectivity index (χ1) is 10.2. The van der Waals surface area contributed by atoms with Crippen LogP contribution in [0, 0.1) is 0 Å². The Labute approximate surface area is 130 Å². The topological polar surface area (TPSA) is 30.5 Å². The molecule has 0 saturated carbocycles. The van der Waals surface area contributed by atoms with Gasteiger partial charge in [-0.1, -0.05) is 44.2 Å². The Bertz CT molecular complexity index is 353. The maximum absolute atomic E-state index is 6.07. The molecule has 0 spiro atoms. The Morgan fingerprint density at radius 2 is 1.67 bits per heavy atom. The molecule has 120 valence electrons. The van der Waals surface area contributed by atoms with E-state index in [1.165, 1.54) is 5.56 Å². The zero-order chi connectivity index (χ0) is 15.5. The van der Waals surface area contributed by atoms with Gasteiger partial charge in [-0.05, 0) is 38.8 Å². The van der Waals surface area contributed by atoms with Crippen LogP contribution in [0.2, 0.25) is 0 Å². The predicted octanol–water partition coefficient (Wildman–Crippen LogP) is 3.95. The van der Waals surface area contributed by atoms with Gasteiger partial charge >= 0.3 is 0 Å². The fourth-order valence-electron chi connectivity index (χ4n) is 2.36. The summed E-state index contributed by atoms with van der Waals surface area (Å²) in [5.41, 5.74) is 1.29. The molecule has 3 heteroatoms. The molecule has 1 N–H and O–H groups in total. The molecule has 1 aromatic carbocycles. The van der Waals surface area contributed by atoms with Crippen LogP contribution in [-0.4, -0.2) is 32.0 Å². The van der Waals surface area contributed by atoms with E-state index in [0.717, 1.165) is 19.4 Å². The van der Waals surface area contributed by atoms with Crippen molar-refractivity contribution in [1.82, 2.24) is 5.32 Å². The third-order valence-corrected chi connectivity index (χ3v) is 3.41. The van der Waals surface area contributed by atoms with E-state index in [4.69, 9.17) is 9.47 Å². The normalized spacial score (nSPS) is 14.3. The van der Waals surface area contributed by atoms with Crippen molar-refractivity contribution >= 4 is 0 Å². The van der Waals surface area contributed by atoms with Gasteiger partial charge in [0.2, 0.25) is 0 Å². The van der Waals surface area contributed by atoms with E-state index in [-0.39, 0.29) is 18.2 Å². The average Bonchev–Trinajstić information content (AvgIpc) is 2.50. The SMILES string of the molecule is CCCNC(c1ccccc1)C(CC)OCCOC(C)C. The van der Waals surface area contributed by atoms with E-state index in [1.54, 1.807) is 0 Å². The summed E-state index contributed by atoms with van der Waals surface area (Å²) in [6, 6.07) is 10.8. The Balaban J connectivity index is 2.61. The van der Waals surface area contributed by atoms with Crippen LogP contribution in [-0.2, 0) is 9.47 Å². The van der Waals surface area contributed by atoms with Gasteiger partial charge in [0.05, 0.1) is 31.5 Å². The van der Waals surface area contributed by atoms with Crippen molar-refractivity contribution in [1.29, 1.82) is 0 Å². The third kappa shape index (κ3) is 7.07. The molecule has 0 amide bonds. The van der Waals surface area contributed by atoms with Crippen molar-refractivity contribution < 1.29 is 9.47 Å². The zero-order valence-corrected chi connectivity index (χ0v) is 14.0. The van der Waals surface area contributed by atoms with Crippen LogP contribution in [0.5, 0.6) is 0 Å². The highest BCUT2D eigenvalue weighted by molar-refractivity contribution is 5.20. The molecule has 2 atom stereocenters. The van der Waals surface area contributed by atoms with E-state index in [2.05, 4.69) is 49.5 Å². The molecule has 0 aromatic heterocycles. The monoisotopic (exact) mass is 293 g/mol. The van der Waals surface area contributed by atoms with Crippen molar-refractivity contribution in [2.24, 2.45) is 0 Å². The molecule has 3 nitrogen and oxygen atoms in total. The maximum Gasteiger partial charge on any atom is 0.0768 e. The zero-order valence-electron chi connectivity index (χ0n) is 14.0. The summed E-state index contributed by atoms with van der Waals surface area (Å²) in [6.07, 6.45) is 2.54. The first-order valence-corrected chi connectivity index (χ1v) is 8.20. The second-order valence-electron chi connectivity index (χ2n) is 5.58. The summed E-state index contributed by atoms with van der Waals surface area (Å²) in [6.45, 7) is 10.8. The summed E-state index contributed by atoms with van der Waals surface area (Å²) in [5, 5.41) is 3.62. The third-order valence-electron chi connectivity index (χ3n) is 3.41. The van der Waals surface area contributed by atoms with Gasteiger partial charge in [0, 0.05) is 0 Å². The maximum atomic E-state index is 6.07. The second kappa shape index (κ2) is 10.8. The Morgan fingerprint density at radius 1 is 1.00 bits per heavy atom. The summed E-state index contributed by atoms with van der Waals surface area (Å²) in [5.74, 6) is 0. The summed E-state index contributed by atoms with van der Waals surface area (Å²) >= 11 is 0. The van der Waals surface area contributed by atoms with Crippen LogP contribution in [0.3, 0.4) is 0 Å². The number of rotatable bonds is 11. The smallest absolute Gasteiger partial charge is 0.0768 e. The van der Waals surface area contributed by atoms with Gasteiger partial charge in [0.25, 0.3) is 0 Å². The van der Waals surface area contributed by atoms with Crippen molar-refractivity contribution in [2.45, 2.75) is 58.8 Å². The molecule has 0 aliphatic heterocycles. The van der Waals surface area contributed by atoms with Crippen LogP contribution >= 0.6 is 0 Å². The van der Waals surface area contributed by atoms with Crippen LogP contribution in [0.4, 0.5) is 0 Å². The standard InChI is InChI=1S/C18H31NO2/c1-5-12-19-18(16-10-8-7-9-11-16)17(6-2)21-14-13-20-15(3)4/h7-11,15,17-19H,5-6,12-14H2,1-4H3. The molecule has 0 heterocycles. The number of hydrogen-bond donors (Lipinski definition) is 1. The molecule has 0 bridgehead atoms. The highest BCUT2D eigenvalue weighted by Crippen LogP contribution is 2.21. The van der Waals surface area contributed by atoms with Crippen LogP contribution in [0.1, 0.15) is 52.1 Å². The van der Waals surface area contributed by atoms with Gasteiger partial charge in [-0.3, -0.25) is 0 Å². The van der Waals surface area contributed by atoms with Gasteiger partial charge < -0.3 is 14.8 Å². The highest BCUT2D eigenvalue weighted by atomic mass is 16.5. The molecule has 0 aliphatic carbocycles. The lowest BCUT2D eigenvalue weighted by molar-refractivity contribution is -0.0269. The molecular weight excluding hydrogens is 262 g/mol. The van der Waals surface area contributed by atoms with Crippen molar-refractivity contribution in [3.63, 3.8) is 0 Å². The first kappa shape index (κ1) is 18.1. The number of hydrogen-bond acceptors (Lipinski definition) is 3. The number of nitrogens with one attached hydrogen (secondary N) is 1. The number of ether oxygens (including phenoxy) is 2. The average molecular weight is 293 g/mol. The molecule has 1 rings (SSSR count). The van der Waals surface area contributed by atoms with Gasteiger partial charge in [0.15, 0.2) is 0 Å². The lowest BCUT2D eigenvalue weighted by Gasteiger charge is -2.28. The van der Waals surface area contributed by atoms with E-state index in [9.17, 15) is 0 Å². The highest BCUT2D eigenvalue weighted by Gasteiger charge is 2.21. The molecule has 0 radical (unpaired) electrons. The molecule has 0 saturated heterocycles. The van der Waals surface area contributed by atoms with Gasteiger partial charge in [0.1, 0.15) is 0 Å².